The summed E-state index contributed by atoms with van der Waals surface area (Å²) in [5.41, 5.74) is 4.90. The second-order valence-electron chi connectivity index (χ2n) is 3.22. The van der Waals surface area contributed by atoms with E-state index in [-0.39, 0.29) is 0 Å². The van der Waals surface area contributed by atoms with Gasteiger partial charge in [0, 0.05) is 26.2 Å². The Morgan fingerprint density at radius 2 is 2.38 bits per heavy atom. The summed E-state index contributed by atoms with van der Waals surface area (Å²) in [4.78, 5) is 10.3. The minimum absolute atomic E-state index is 0.467. The molecule has 0 aromatic carbocycles. The maximum atomic E-state index is 10.3. The number of nitrogens with one attached hydrogen (secondary N) is 2. The van der Waals surface area contributed by atoms with Gasteiger partial charge in [-0.1, -0.05) is 0 Å². The zero-order chi connectivity index (χ0) is 9.52. The minimum Gasteiger partial charge on any atom is -0.381 e. The third kappa shape index (κ3) is 4.69. The molecule has 0 aliphatic carbocycles. The molecule has 0 spiro atoms. The van der Waals surface area contributed by atoms with Crippen molar-refractivity contribution in [3.8, 4) is 0 Å². The third-order valence-electron chi connectivity index (χ3n) is 2.06. The zero-order valence-electron chi connectivity index (χ0n) is 7.71. The van der Waals surface area contributed by atoms with Gasteiger partial charge in [0.25, 0.3) is 0 Å². The first-order valence-corrected chi connectivity index (χ1v) is 4.61. The van der Waals surface area contributed by atoms with Crippen LogP contribution in [0.5, 0.6) is 0 Å². The highest BCUT2D eigenvalue weighted by atomic mass is 16.5. The van der Waals surface area contributed by atoms with E-state index >= 15 is 0 Å². The van der Waals surface area contributed by atoms with Crippen molar-refractivity contribution >= 4 is 6.03 Å². The number of hydrogen-bond donors (Lipinski definition) is 3. The smallest absolute Gasteiger partial charge is 0.312 e. The van der Waals surface area contributed by atoms with Gasteiger partial charge in [-0.25, -0.2) is 4.79 Å². The molecule has 5 nitrogen and oxygen atoms in total. The molecule has 1 heterocycles. The maximum Gasteiger partial charge on any atom is 0.312 e. The Morgan fingerprint density at radius 1 is 1.54 bits per heavy atom. The molecular weight excluding hydrogens is 170 g/mol. The lowest BCUT2D eigenvalue weighted by Crippen LogP contribution is -2.36. The number of hydrogen-bond acceptors (Lipinski definition) is 3. The Kier molecular flexibility index (Phi) is 4.56. The quantitative estimate of drug-likeness (QED) is 0.497. The average molecular weight is 187 g/mol. The van der Waals surface area contributed by atoms with Crippen molar-refractivity contribution in [2.24, 2.45) is 11.7 Å². The molecule has 1 fully saturated rings. The van der Waals surface area contributed by atoms with Crippen molar-refractivity contribution < 1.29 is 9.53 Å². The minimum atomic E-state index is -0.467. The number of carbonyl (C=O) groups excluding carboxylic acids is 1. The van der Waals surface area contributed by atoms with Gasteiger partial charge in [0.2, 0.25) is 0 Å². The highest BCUT2D eigenvalue weighted by molar-refractivity contribution is 5.71. The number of urea groups is 1. The molecule has 1 aliphatic heterocycles. The summed E-state index contributed by atoms with van der Waals surface area (Å²) in [5.74, 6) is 0.633. The van der Waals surface area contributed by atoms with Crippen LogP contribution in [0.4, 0.5) is 4.79 Å². The SMILES string of the molecule is NC(=O)NCCNCC1CCOC1. The number of ether oxygens (including phenoxy) is 1. The van der Waals surface area contributed by atoms with Gasteiger partial charge in [-0.05, 0) is 12.3 Å². The van der Waals surface area contributed by atoms with E-state index in [1.54, 1.807) is 0 Å². The van der Waals surface area contributed by atoms with Crippen molar-refractivity contribution in [1.82, 2.24) is 10.6 Å². The fourth-order valence-corrected chi connectivity index (χ4v) is 1.32. The van der Waals surface area contributed by atoms with Crippen LogP contribution in [0, 0.1) is 5.92 Å². The Morgan fingerprint density at radius 3 is 3.00 bits per heavy atom. The molecule has 1 aliphatic rings. The van der Waals surface area contributed by atoms with Crippen LogP contribution < -0.4 is 16.4 Å². The maximum absolute atomic E-state index is 10.3. The summed E-state index contributed by atoms with van der Waals surface area (Å²) >= 11 is 0. The summed E-state index contributed by atoms with van der Waals surface area (Å²) in [7, 11) is 0. The predicted molar refractivity (Wildman–Crippen MR) is 49.4 cm³/mol. The third-order valence-corrected chi connectivity index (χ3v) is 2.06. The molecule has 4 N–H and O–H groups in total. The average Bonchev–Trinajstić information content (AvgIpc) is 2.55. The lowest BCUT2D eigenvalue weighted by atomic mass is 10.1. The van der Waals surface area contributed by atoms with Gasteiger partial charge in [0.1, 0.15) is 0 Å². The molecule has 0 aromatic heterocycles. The van der Waals surface area contributed by atoms with Gasteiger partial charge in [-0.15, -0.1) is 0 Å². The first-order valence-electron chi connectivity index (χ1n) is 4.61. The van der Waals surface area contributed by atoms with E-state index in [1.807, 2.05) is 0 Å². The second-order valence-corrected chi connectivity index (χ2v) is 3.22. The molecule has 0 saturated carbocycles. The van der Waals surface area contributed by atoms with E-state index < -0.39 is 6.03 Å². The number of nitrogens with two attached hydrogens (primary N) is 1. The van der Waals surface area contributed by atoms with E-state index in [0.717, 1.165) is 32.7 Å². The van der Waals surface area contributed by atoms with E-state index in [1.165, 1.54) is 0 Å². The molecular formula is C8H17N3O2. The van der Waals surface area contributed by atoms with Crippen molar-refractivity contribution in [3.05, 3.63) is 0 Å². The fraction of sp³-hybridized carbons (Fsp3) is 0.875. The second kappa shape index (κ2) is 5.77. The van der Waals surface area contributed by atoms with Crippen LogP contribution in [-0.4, -0.2) is 38.9 Å². The van der Waals surface area contributed by atoms with Crippen LogP contribution in [0.3, 0.4) is 0 Å². The lowest BCUT2D eigenvalue weighted by molar-refractivity contribution is 0.185. The lowest BCUT2D eigenvalue weighted by Gasteiger charge is -2.08. The molecule has 0 radical (unpaired) electrons. The summed E-state index contributed by atoms with van der Waals surface area (Å²) in [6.45, 7) is 4.05. The summed E-state index contributed by atoms with van der Waals surface area (Å²) < 4.78 is 5.22. The molecule has 0 bridgehead atoms. The molecule has 2 amide bonds. The summed E-state index contributed by atoms with van der Waals surface area (Å²) in [5, 5.41) is 5.75. The van der Waals surface area contributed by atoms with Crippen LogP contribution >= 0.6 is 0 Å². The molecule has 1 saturated heterocycles. The molecule has 76 valence electrons. The van der Waals surface area contributed by atoms with E-state index in [0.29, 0.717) is 12.5 Å². The van der Waals surface area contributed by atoms with Crippen LogP contribution in [0.1, 0.15) is 6.42 Å². The largest absolute Gasteiger partial charge is 0.381 e. The van der Waals surface area contributed by atoms with Gasteiger partial charge in [0.15, 0.2) is 0 Å². The normalized spacial score (nSPS) is 21.7. The van der Waals surface area contributed by atoms with E-state index in [2.05, 4.69) is 10.6 Å². The van der Waals surface area contributed by atoms with Gasteiger partial charge >= 0.3 is 6.03 Å². The standard InChI is InChI=1S/C8H17N3O2/c9-8(12)11-3-2-10-5-7-1-4-13-6-7/h7,10H,1-6H2,(H3,9,11,12). The van der Waals surface area contributed by atoms with Gasteiger partial charge < -0.3 is 21.1 Å². The highest BCUT2D eigenvalue weighted by Crippen LogP contribution is 2.09. The van der Waals surface area contributed by atoms with Crippen LogP contribution in [-0.2, 0) is 4.74 Å². The Balaban J connectivity index is 1.86. The van der Waals surface area contributed by atoms with Crippen molar-refractivity contribution in [2.45, 2.75) is 6.42 Å². The predicted octanol–water partition coefficient (Wildman–Crippen LogP) is -0.719. The first kappa shape index (κ1) is 10.3. The Hall–Kier alpha value is -0.810. The first-order chi connectivity index (χ1) is 6.29. The fourth-order valence-electron chi connectivity index (χ4n) is 1.32. The van der Waals surface area contributed by atoms with Crippen molar-refractivity contribution in [1.29, 1.82) is 0 Å². The number of carbonyl (C=O) groups is 1. The summed E-state index contributed by atoms with van der Waals surface area (Å²) in [6, 6.07) is -0.467. The van der Waals surface area contributed by atoms with E-state index in [4.69, 9.17) is 10.5 Å². The molecule has 1 unspecified atom stereocenters. The molecule has 1 atom stereocenters. The van der Waals surface area contributed by atoms with Crippen LogP contribution in [0.25, 0.3) is 0 Å². The topological polar surface area (TPSA) is 76.4 Å². The monoisotopic (exact) mass is 187 g/mol. The number of amides is 2. The Labute approximate surface area is 78.0 Å². The van der Waals surface area contributed by atoms with Gasteiger partial charge in [-0.3, -0.25) is 0 Å². The summed E-state index contributed by atoms with van der Waals surface area (Å²) in [6.07, 6.45) is 1.14. The Bertz CT molecular complexity index is 157. The van der Waals surface area contributed by atoms with Gasteiger partial charge in [0.05, 0.1) is 6.61 Å². The molecule has 5 heteroatoms. The molecule has 0 aromatic rings. The number of primary amides is 1. The molecule has 13 heavy (non-hydrogen) atoms. The van der Waals surface area contributed by atoms with Crippen LogP contribution in [0.2, 0.25) is 0 Å². The van der Waals surface area contributed by atoms with E-state index in [9.17, 15) is 4.79 Å². The number of rotatable bonds is 5. The van der Waals surface area contributed by atoms with Crippen molar-refractivity contribution in [3.63, 3.8) is 0 Å². The van der Waals surface area contributed by atoms with Crippen LogP contribution in [0.15, 0.2) is 0 Å². The molecule has 1 rings (SSSR count). The highest BCUT2D eigenvalue weighted by Gasteiger charge is 2.14. The van der Waals surface area contributed by atoms with Crippen molar-refractivity contribution in [2.75, 3.05) is 32.8 Å². The zero-order valence-corrected chi connectivity index (χ0v) is 7.71. The van der Waals surface area contributed by atoms with Gasteiger partial charge in [-0.2, -0.15) is 0 Å².